The molecule has 0 N–H and O–H groups in total. The number of ether oxygens (including phenoxy) is 1. The Kier molecular flexibility index (Phi) is 4.02. The molecule has 0 radical (unpaired) electrons. The summed E-state index contributed by atoms with van der Waals surface area (Å²) in [6.07, 6.45) is 0. The van der Waals surface area contributed by atoms with Crippen molar-refractivity contribution >= 4 is 28.8 Å². The molecule has 2 heterocycles. The van der Waals surface area contributed by atoms with Crippen molar-refractivity contribution in [1.29, 1.82) is 0 Å². The molecule has 3 amide bonds. The summed E-state index contributed by atoms with van der Waals surface area (Å²) in [7, 11) is 0. The molecule has 0 unspecified atom stereocenters. The van der Waals surface area contributed by atoms with E-state index in [1.807, 2.05) is 0 Å². The van der Waals surface area contributed by atoms with Gasteiger partial charge in [-0.25, -0.2) is 4.39 Å². The van der Waals surface area contributed by atoms with E-state index in [1.165, 1.54) is 28.0 Å². The van der Waals surface area contributed by atoms with Crippen LogP contribution in [0.2, 0.25) is 0 Å². The minimum Gasteiger partial charge on any atom is -0.481 e. The van der Waals surface area contributed by atoms with E-state index in [2.05, 4.69) is 0 Å². The maximum atomic E-state index is 13.4. The second-order valence-corrected chi connectivity index (χ2v) is 5.92. The van der Waals surface area contributed by atoms with E-state index < -0.39 is 5.82 Å². The summed E-state index contributed by atoms with van der Waals surface area (Å²) >= 11 is 0.977. The van der Waals surface area contributed by atoms with Crippen LogP contribution in [0, 0.1) is 5.82 Å². The van der Waals surface area contributed by atoms with Crippen molar-refractivity contribution in [3.8, 4) is 5.75 Å². The third-order valence-electron chi connectivity index (χ3n) is 3.55. The lowest BCUT2D eigenvalue weighted by atomic mass is 10.1. The van der Waals surface area contributed by atoms with Crippen LogP contribution >= 0.6 is 11.8 Å². The van der Waals surface area contributed by atoms with Gasteiger partial charge in [-0.2, -0.15) is 0 Å². The Bertz CT molecular complexity index is 617. The fourth-order valence-corrected chi connectivity index (χ4v) is 3.11. The zero-order chi connectivity index (χ0) is 15.7. The molecule has 6 nitrogen and oxygen atoms in total. The summed E-state index contributed by atoms with van der Waals surface area (Å²) < 4.78 is 18.5. The Hall–Kier alpha value is -2.09. The van der Waals surface area contributed by atoms with Gasteiger partial charge in [0.2, 0.25) is 5.91 Å². The molecule has 1 aromatic rings. The van der Waals surface area contributed by atoms with Gasteiger partial charge in [-0.3, -0.25) is 19.3 Å². The fourth-order valence-electron chi connectivity index (χ4n) is 2.33. The van der Waals surface area contributed by atoms with Crippen LogP contribution in [0.4, 0.5) is 9.18 Å². The Morgan fingerprint density at radius 1 is 1.32 bits per heavy atom. The van der Waals surface area contributed by atoms with Crippen LogP contribution in [0.1, 0.15) is 0 Å². The van der Waals surface area contributed by atoms with Crippen LogP contribution in [0.5, 0.6) is 5.75 Å². The number of nitrogens with zero attached hydrogens (tertiary/aromatic N) is 2. The summed E-state index contributed by atoms with van der Waals surface area (Å²) in [5.41, 5.74) is 0. The maximum Gasteiger partial charge on any atom is 0.289 e. The number of hydrogen-bond acceptors (Lipinski definition) is 5. The minimum absolute atomic E-state index is 0.0224. The van der Waals surface area contributed by atoms with Crippen molar-refractivity contribution in [3.63, 3.8) is 0 Å². The van der Waals surface area contributed by atoms with Crippen molar-refractivity contribution in [1.82, 2.24) is 9.80 Å². The van der Waals surface area contributed by atoms with Gasteiger partial charge in [-0.15, -0.1) is 0 Å². The molecule has 2 aliphatic rings. The second-order valence-electron chi connectivity index (χ2n) is 4.99. The number of likely N-dealkylation sites (tertiary alicyclic amines) is 1. The Morgan fingerprint density at radius 2 is 2.05 bits per heavy atom. The summed E-state index contributed by atoms with van der Waals surface area (Å²) in [5, 5.41) is -0.260. The topological polar surface area (TPSA) is 66.9 Å². The van der Waals surface area contributed by atoms with Crippen LogP contribution in [-0.4, -0.2) is 58.3 Å². The first-order valence-electron chi connectivity index (χ1n) is 6.70. The molecule has 0 aromatic heterocycles. The molecule has 0 spiro atoms. The van der Waals surface area contributed by atoms with Gasteiger partial charge in [0.15, 0.2) is 18.2 Å². The van der Waals surface area contributed by atoms with Crippen LogP contribution in [0.15, 0.2) is 24.3 Å². The van der Waals surface area contributed by atoms with Crippen LogP contribution in [-0.2, 0) is 9.59 Å². The summed E-state index contributed by atoms with van der Waals surface area (Å²) in [4.78, 5) is 37.7. The molecule has 0 saturated carbocycles. The van der Waals surface area contributed by atoms with Crippen molar-refractivity contribution in [2.75, 3.05) is 25.4 Å². The zero-order valence-corrected chi connectivity index (χ0v) is 12.3. The number of imide groups is 1. The van der Waals surface area contributed by atoms with E-state index >= 15 is 0 Å². The molecule has 116 valence electrons. The average Bonchev–Trinajstić information content (AvgIpc) is 2.77. The van der Waals surface area contributed by atoms with Gasteiger partial charge in [-0.1, -0.05) is 23.9 Å². The Balaban J connectivity index is 1.49. The number of thioether (sulfide) groups is 1. The first-order valence-corrected chi connectivity index (χ1v) is 7.68. The van der Waals surface area contributed by atoms with Crippen LogP contribution < -0.4 is 4.74 Å². The summed E-state index contributed by atoms with van der Waals surface area (Å²) in [6, 6.07) is 5.59. The zero-order valence-electron chi connectivity index (χ0n) is 11.5. The number of para-hydroxylation sites is 1. The first-order chi connectivity index (χ1) is 10.6. The van der Waals surface area contributed by atoms with E-state index in [4.69, 9.17) is 4.74 Å². The van der Waals surface area contributed by atoms with E-state index in [0.717, 1.165) is 11.8 Å². The normalized spacial score (nSPS) is 18.6. The van der Waals surface area contributed by atoms with E-state index in [-0.39, 0.29) is 41.2 Å². The van der Waals surface area contributed by atoms with Gasteiger partial charge in [0.05, 0.1) is 11.8 Å². The van der Waals surface area contributed by atoms with Crippen molar-refractivity contribution < 1.29 is 23.5 Å². The fraction of sp³-hybridized carbons (Fsp3) is 0.357. The molecule has 3 rings (SSSR count). The lowest BCUT2D eigenvalue weighted by Gasteiger charge is -2.42. The van der Waals surface area contributed by atoms with Crippen LogP contribution in [0.25, 0.3) is 0 Å². The number of carbonyl (C=O) groups is 3. The number of hydrogen-bond donors (Lipinski definition) is 0. The third-order valence-corrected chi connectivity index (χ3v) is 4.39. The monoisotopic (exact) mass is 324 g/mol. The molecule has 0 bridgehead atoms. The molecule has 0 atom stereocenters. The molecule has 2 aliphatic heterocycles. The van der Waals surface area contributed by atoms with Gasteiger partial charge < -0.3 is 9.64 Å². The number of benzene rings is 1. The minimum atomic E-state index is -0.526. The Labute approximate surface area is 130 Å². The van der Waals surface area contributed by atoms with Gasteiger partial charge in [0, 0.05) is 13.1 Å². The lowest BCUT2D eigenvalue weighted by molar-refractivity contribution is -0.143. The molecule has 0 aliphatic carbocycles. The number of amides is 3. The highest BCUT2D eigenvalue weighted by molar-refractivity contribution is 8.14. The standard InChI is InChI=1S/C14H13FN2O4S/c15-10-3-1-2-4-11(10)21-7-12(18)16-5-9(6-16)17-13(19)8-22-14(17)20/h1-4,9H,5-8H2. The third kappa shape index (κ3) is 2.78. The van der Waals surface area contributed by atoms with Gasteiger partial charge in [0.25, 0.3) is 11.1 Å². The lowest BCUT2D eigenvalue weighted by Crippen LogP contribution is -2.62. The quantitative estimate of drug-likeness (QED) is 0.830. The summed E-state index contributed by atoms with van der Waals surface area (Å²) in [6.45, 7) is 0.333. The average molecular weight is 324 g/mol. The largest absolute Gasteiger partial charge is 0.481 e. The SMILES string of the molecule is O=C(COc1ccccc1F)N1CC(N2C(=O)CSC2=O)C1. The smallest absolute Gasteiger partial charge is 0.289 e. The van der Waals surface area contributed by atoms with Crippen molar-refractivity contribution in [2.45, 2.75) is 6.04 Å². The molecular weight excluding hydrogens is 311 g/mol. The number of carbonyl (C=O) groups excluding carboxylic acids is 3. The van der Waals surface area contributed by atoms with Crippen LogP contribution in [0.3, 0.4) is 0 Å². The molecule has 2 saturated heterocycles. The van der Waals surface area contributed by atoms with Gasteiger partial charge in [-0.05, 0) is 12.1 Å². The van der Waals surface area contributed by atoms with Crippen molar-refractivity contribution in [2.24, 2.45) is 0 Å². The molecule has 8 heteroatoms. The molecular formula is C14H13FN2O4S. The highest BCUT2D eigenvalue weighted by Gasteiger charge is 2.43. The maximum absolute atomic E-state index is 13.4. The summed E-state index contributed by atoms with van der Waals surface area (Å²) in [5.74, 6) is -0.850. The molecule has 1 aromatic carbocycles. The number of halogens is 1. The first kappa shape index (κ1) is 14.8. The van der Waals surface area contributed by atoms with Crippen molar-refractivity contribution in [3.05, 3.63) is 30.1 Å². The van der Waals surface area contributed by atoms with E-state index in [9.17, 15) is 18.8 Å². The Morgan fingerprint density at radius 3 is 2.68 bits per heavy atom. The van der Waals surface area contributed by atoms with Gasteiger partial charge >= 0.3 is 0 Å². The number of rotatable bonds is 4. The highest BCUT2D eigenvalue weighted by atomic mass is 32.2. The van der Waals surface area contributed by atoms with Gasteiger partial charge in [0.1, 0.15) is 0 Å². The second kappa shape index (κ2) is 5.96. The van der Waals surface area contributed by atoms with E-state index in [0.29, 0.717) is 13.1 Å². The van der Waals surface area contributed by atoms with E-state index in [1.54, 1.807) is 6.07 Å². The highest BCUT2D eigenvalue weighted by Crippen LogP contribution is 2.26. The molecule has 22 heavy (non-hydrogen) atoms. The predicted octanol–water partition coefficient (Wildman–Crippen LogP) is 1.11. The predicted molar refractivity (Wildman–Crippen MR) is 77.0 cm³/mol. The molecule has 2 fully saturated rings.